The molecule has 1 rings (SSSR count). The van der Waals surface area contributed by atoms with Crippen LogP contribution >= 0.6 is 0 Å². The summed E-state index contributed by atoms with van der Waals surface area (Å²) in [6, 6.07) is 7.72. The third-order valence-electron chi connectivity index (χ3n) is 1.90. The van der Waals surface area contributed by atoms with Crippen LogP contribution in [0.1, 0.15) is 5.56 Å². The molecule has 0 aromatic heterocycles. The molecule has 70 valence electrons. The molecule has 0 amide bonds. The number of hydrogen-bond acceptors (Lipinski definition) is 2. The van der Waals surface area contributed by atoms with Gasteiger partial charge in [-0.1, -0.05) is 18.2 Å². The summed E-state index contributed by atoms with van der Waals surface area (Å²) in [6.45, 7) is 2.00. The minimum absolute atomic E-state index is 0.0326. The molecular weight excluding hydrogens is 166 g/mol. The number of hydrogen-bond donors (Lipinski definition) is 1. The van der Waals surface area contributed by atoms with E-state index in [0.717, 1.165) is 11.3 Å². The highest BCUT2D eigenvalue weighted by Crippen LogP contribution is 2.16. The molecule has 3 nitrogen and oxygen atoms in total. The van der Waals surface area contributed by atoms with E-state index in [4.69, 9.17) is 5.11 Å². The summed E-state index contributed by atoms with van der Waals surface area (Å²) in [7, 11) is 1.77. The predicted octanol–water partition coefficient (Wildman–Crippen LogP) is 1.52. The van der Waals surface area contributed by atoms with Gasteiger partial charge in [0.15, 0.2) is 0 Å². The third-order valence-corrected chi connectivity index (χ3v) is 1.90. The van der Waals surface area contributed by atoms with Crippen LogP contribution in [0.2, 0.25) is 0 Å². The highest BCUT2D eigenvalue weighted by molar-refractivity contribution is 5.74. The number of carboxylic acid groups (broad SMARTS) is 1. The standard InChI is InChI=1S/C10H13NO2/c1-8-5-3-4-6-9(8)11(2)7-10(12)13/h3-6H,7H2,1-2H3,(H,12,13). The van der Waals surface area contributed by atoms with E-state index in [9.17, 15) is 4.79 Å². The zero-order valence-electron chi connectivity index (χ0n) is 7.82. The van der Waals surface area contributed by atoms with Crippen molar-refractivity contribution in [3.63, 3.8) is 0 Å². The topological polar surface area (TPSA) is 40.5 Å². The Labute approximate surface area is 77.6 Å². The fourth-order valence-corrected chi connectivity index (χ4v) is 1.28. The smallest absolute Gasteiger partial charge is 0.323 e. The Morgan fingerprint density at radius 3 is 2.62 bits per heavy atom. The maximum Gasteiger partial charge on any atom is 0.323 e. The molecule has 0 unspecified atom stereocenters. The van der Waals surface area contributed by atoms with Gasteiger partial charge in [-0.05, 0) is 18.6 Å². The summed E-state index contributed by atoms with van der Waals surface area (Å²) in [5.41, 5.74) is 2.05. The molecule has 0 heterocycles. The average Bonchev–Trinajstić information content (AvgIpc) is 2.03. The Morgan fingerprint density at radius 2 is 2.08 bits per heavy atom. The van der Waals surface area contributed by atoms with Gasteiger partial charge in [-0.15, -0.1) is 0 Å². The summed E-state index contributed by atoms with van der Waals surface area (Å²) in [5, 5.41) is 8.59. The molecule has 0 spiro atoms. The molecular formula is C10H13NO2. The van der Waals surface area contributed by atoms with Crippen LogP contribution in [-0.4, -0.2) is 24.7 Å². The van der Waals surface area contributed by atoms with Crippen molar-refractivity contribution in [2.45, 2.75) is 6.92 Å². The van der Waals surface area contributed by atoms with Crippen LogP contribution in [0.25, 0.3) is 0 Å². The van der Waals surface area contributed by atoms with Gasteiger partial charge in [-0.25, -0.2) is 0 Å². The molecule has 0 aliphatic carbocycles. The second-order valence-corrected chi connectivity index (χ2v) is 3.04. The molecule has 0 bridgehead atoms. The molecule has 0 saturated heterocycles. The van der Waals surface area contributed by atoms with E-state index in [0.29, 0.717) is 0 Å². The van der Waals surface area contributed by atoms with Gasteiger partial charge in [0, 0.05) is 12.7 Å². The second-order valence-electron chi connectivity index (χ2n) is 3.04. The first-order valence-corrected chi connectivity index (χ1v) is 4.10. The fourth-order valence-electron chi connectivity index (χ4n) is 1.28. The number of para-hydroxylation sites is 1. The number of likely N-dealkylation sites (N-methyl/N-ethyl adjacent to an activating group) is 1. The lowest BCUT2D eigenvalue weighted by Gasteiger charge is -2.18. The van der Waals surface area contributed by atoms with E-state index < -0.39 is 5.97 Å². The zero-order valence-corrected chi connectivity index (χ0v) is 7.82. The molecule has 0 atom stereocenters. The van der Waals surface area contributed by atoms with Gasteiger partial charge in [-0.2, -0.15) is 0 Å². The van der Waals surface area contributed by atoms with Crippen molar-refractivity contribution in [1.29, 1.82) is 0 Å². The maximum atomic E-state index is 10.5. The molecule has 0 aliphatic heterocycles. The molecule has 3 heteroatoms. The van der Waals surface area contributed by atoms with Gasteiger partial charge in [-0.3, -0.25) is 4.79 Å². The summed E-state index contributed by atoms with van der Waals surface area (Å²) in [4.78, 5) is 12.2. The van der Waals surface area contributed by atoms with Crippen LogP contribution < -0.4 is 4.90 Å². The van der Waals surface area contributed by atoms with Crippen LogP contribution in [0.4, 0.5) is 5.69 Å². The van der Waals surface area contributed by atoms with Gasteiger partial charge >= 0.3 is 5.97 Å². The van der Waals surface area contributed by atoms with E-state index in [2.05, 4.69) is 0 Å². The third kappa shape index (κ3) is 2.47. The fraction of sp³-hybridized carbons (Fsp3) is 0.300. The first-order valence-electron chi connectivity index (χ1n) is 4.10. The number of nitrogens with zero attached hydrogens (tertiary/aromatic N) is 1. The van der Waals surface area contributed by atoms with Crippen molar-refractivity contribution >= 4 is 11.7 Å². The average molecular weight is 179 g/mol. The largest absolute Gasteiger partial charge is 0.480 e. The first-order chi connectivity index (χ1) is 6.11. The van der Waals surface area contributed by atoms with Crippen molar-refractivity contribution in [2.75, 3.05) is 18.5 Å². The lowest BCUT2D eigenvalue weighted by Crippen LogP contribution is -2.25. The molecule has 1 N–H and O–H groups in total. The van der Waals surface area contributed by atoms with E-state index >= 15 is 0 Å². The van der Waals surface area contributed by atoms with Gasteiger partial charge in [0.25, 0.3) is 0 Å². The number of rotatable bonds is 3. The number of aryl methyl sites for hydroxylation is 1. The Kier molecular flexibility index (Phi) is 2.90. The second kappa shape index (κ2) is 3.94. The van der Waals surface area contributed by atoms with Gasteiger partial charge in [0.1, 0.15) is 6.54 Å². The molecule has 0 aliphatic rings. The maximum absolute atomic E-state index is 10.5. The molecule has 0 radical (unpaired) electrons. The highest BCUT2D eigenvalue weighted by Gasteiger charge is 2.06. The lowest BCUT2D eigenvalue weighted by molar-refractivity contribution is -0.135. The Balaban J connectivity index is 2.82. The van der Waals surface area contributed by atoms with Crippen LogP contribution in [0.15, 0.2) is 24.3 Å². The minimum Gasteiger partial charge on any atom is -0.480 e. The van der Waals surface area contributed by atoms with Gasteiger partial charge in [0.2, 0.25) is 0 Å². The number of anilines is 1. The van der Waals surface area contributed by atoms with Gasteiger partial charge in [0.05, 0.1) is 0 Å². The van der Waals surface area contributed by atoms with Crippen LogP contribution in [0, 0.1) is 6.92 Å². The molecule has 13 heavy (non-hydrogen) atoms. The summed E-state index contributed by atoms with van der Waals surface area (Å²) < 4.78 is 0. The SMILES string of the molecule is Cc1ccccc1N(C)CC(=O)O. The van der Waals surface area contributed by atoms with Crippen LogP contribution in [0.3, 0.4) is 0 Å². The van der Waals surface area contributed by atoms with Crippen molar-refractivity contribution in [3.8, 4) is 0 Å². The Morgan fingerprint density at radius 1 is 1.46 bits per heavy atom. The van der Waals surface area contributed by atoms with E-state index in [1.165, 1.54) is 0 Å². The van der Waals surface area contributed by atoms with E-state index in [-0.39, 0.29) is 6.54 Å². The minimum atomic E-state index is -0.814. The van der Waals surface area contributed by atoms with Crippen molar-refractivity contribution in [2.24, 2.45) is 0 Å². The number of carboxylic acids is 1. The van der Waals surface area contributed by atoms with Gasteiger partial charge < -0.3 is 10.0 Å². The Hall–Kier alpha value is -1.51. The summed E-state index contributed by atoms with van der Waals surface area (Å²) >= 11 is 0. The van der Waals surface area contributed by atoms with E-state index in [1.807, 2.05) is 31.2 Å². The monoisotopic (exact) mass is 179 g/mol. The molecule has 1 aromatic rings. The predicted molar refractivity (Wildman–Crippen MR) is 52.1 cm³/mol. The summed E-state index contributed by atoms with van der Waals surface area (Å²) in [5.74, 6) is -0.814. The van der Waals surface area contributed by atoms with Crippen molar-refractivity contribution in [3.05, 3.63) is 29.8 Å². The zero-order chi connectivity index (χ0) is 9.84. The Bertz CT molecular complexity index is 310. The van der Waals surface area contributed by atoms with Crippen LogP contribution in [-0.2, 0) is 4.79 Å². The quantitative estimate of drug-likeness (QED) is 0.764. The number of carbonyl (C=O) groups is 1. The van der Waals surface area contributed by atoms with Crippen molar-refractivity contribution < 1.29 is 9.90 Å². The normalized spacial score (nSPS) is 9.69. The van der Waals surface area contributed by atoms with Crippen molar-refractivity contribution in [1.82, 2.24) is 0 Å². The summed E-state index contributed by atoms with van der Waals surface area (Å²) in [6.07, 6.45) is 0. The van der Waals surface area contributed by atoms with E-state index in [1.54, 1.807) is 11.9 Å². The lowest BCUT2D eigenvalue weighted by atomic mass is 10.2. The molecule has 0 fully saturated rings. The van der Waals surface area contributed by atoms with Crippen LogP contribution in [0.5, 0.6) is 0 Å². The molecule has 1 aromatic carbocycles. The molecule has 0 saturated carbocycles. The highest BCUT2D eigenvalue weighted by atomic mass is 16.4. The number of aliphatic carboxylic acids is 1. The number of benzene rings is 1. The first kappa shape index (κ1) is 9.58.